The smallest absolute Gasteiger partial charge is 0.341 e. The number of Topliss-reactive ketones (excluding diaryl/α,β-unsaturated/α-hetero) is 1. The van der Waals surface area contributed by atoms with Crippen molar-refractivity contribution in [2.75, 3.05) is 18.5 Å². The van der Waals surface area contributed by atoms with E-state index in [9.17, 15) is 14.4 Å². The van der Waals surface area contributed by atoms with Crippen molar-refractivity contribution in [2.24, 2.45) is 0 Å². The fraction of sp³-hybridized carbons (Fsp3) is 0.350. The number of thiophene rings is 1. The van der Waals surface area contributed by atoms with E-state index in [1.807, 2.05) is 25.1 Å². The number of rotatable bonds is 8. The molecule has 150 valence electrons. The minimum Gasteiger partial charge on any atom is -0.462 e. The van der Waals surface area contributed by atoms with E-state index in [0.717, 1.165) is 16.9 Å². The second kappa shape index (κ2) is 9.82. The SMILES string of the molecule is CCOC(=O)c1c(NC(=O)CN[C@H](C)c2cccc(Cl)c2)sc(C(C)=O)c1C. The highest BCUT2D eigenvalue weighted by Crippen LogP contribution is 2.34. The number of halogens is 1. The second-order valence-electron chi connectivity index (χ2n) is 6.24. The van der Waals surface area contributed by atoms with Crippen molar-refractivity contribution in [1.82, 2.24) is 5.32 Å². The van der Waals surface area contributed by atoms with Gasteiger partial charge < -0.3 is 15.4 Å². The summed E-state index contributed by atoms with van der Waals surface area (Å²) in [5.41, 5.74) is 1.71. The van der Waals surface area contributed by atoms with Crippen LogP contribution in [-0.2, 0) is 9.53 Å². The van der Waals surface area contributed by atoms with E-state index in [2.05, 4.69) is 10.6 Å². The zero-order chi connectivity index (χ0) is 20.8. The molecule has 6 nitrogen and oxygen atoms in total. The van der Waals surface area contributed by atoms with Crippen LogP contribution in [0.15, 0.2) is 24.3 Å². The predicted octanol–water partition coefficient (Wildman–Crippen LogP) is 4.38. The largest absolute Gasteiger partial charge is 0.462 e. The minimum absolute atomic E-state index is 0.0301. The molecule has 0 unspecified atom stereocenters. The van der Waals surface area contributed by atoms with Gasteiger partial charge in [0.1, 0.15) is 5.00 Å². The third-order valence-corrected chi connectivity index (χ3v) is 5.66. The molecule has 0 saturated carbocycles. The number of hydrogen-bond donors (Lipinski definition) is 2. The van der Waals surface area contributed by atoms with Crippen LogP contribution in [0.1, 0.15) is 58.0 Å². The first-order valence-electron chi connectivity index (χ1n) is 8.84. The van der Waals surface area contributed by atoms with E-state index in [-0.39, 0.29) is 36.4 Å². The number of amides is 1. The van der Waals surface area contributed by atoms with Gasteiger partial charge in [0.05, 0.1) is 23.6 Å². The molecule has 1 atom stereocenters. The summed E-state index contributed by atoms with van der Waals surface area (Å²) in [5.74, 6) is -1.05. The predicted molar refractivity (Wildman–Crippen MR) is 112 cm³/mol. The Morgan fingerprint density at radius 3 is 2.61 bits per heavy atom. The number of carbonyl (C=O) groups excluding carboxylic acids is 3. The van der Waals surface area contributed by atoms with E-state index in [1.165, 1.54) is 6.92 Å². The molecule has 0 spiro atoms. The van der Waals surface area contributed by atoms with Gasteiger partial charge in [0.25, 0.3) is 0 Å². The van der Waals surface area contributed by atoms with Crippen LogP contribution in [0.3, 0.4) is 0 Å². The van der Waals surface area contributed by atoms with Crippen LogP contribution in [0.2, 0.25) is 5.02 Å². The molecule has 0 aliphatic rings. The summed E-state index contributed by atoms with van der Waals surface area (Å²) >= 11 is 7.08. The molecule has 1 aromatic heterocycles. The Bertz CT molecular complexity index is 894. The van der Waals surface area contributed by atoms with Gasteiger partial charge in [-0.15, -0.1) is 11.3 Å². The molecule has 28 heavy (non-hydrogen) atoms. The average molecular weight is 423 g/mol. The average Bonchev–Trinajstić information content (AvgIpc) is 2.96. The Morgan fingerprint density at radius 2 is 2.00 bits per heavy atom. The number of hydrogen-bond acceptors (Lipinski definition) is 6. The molecular formula is C20H23ClN2O4S. The van der Waals surface area contributed by atoms with Crippen molar-refractivity contribution >= 4 is 45.6 Å². The van der Waals surface area contributed by atoms with Crippen molar-refractivity contribution in [3.8, 4) is 0 Å². The van der Waals surface area contributed by atoms with Crippen LogP contribution in [-0.4, -0.2) is 30.8 Å². The van der Waals surface area contributed by atoms with Gasteiger partial charge in [-0.3, -0.25) is 9.59 Å². The Hall–Kier alpha value is -2.22. The lowest BCUT2D eigenvalue weighted by Gasteiger charge is -2.14. The molecule has 0 radical (unpaired) electrons. The van der Waals surface area contributed by atoms with Crippen molar-refractivity contribution < 1.29 is 19.1 Å². The molecule has 2 N–H and O–H groups in total. The highest BCUT2D eigenvalue weighted by atomic mass is 35.5. The summed E-state index contributed by atoms with van der Waals surface area (Å²) in [6.45, 7) is 6.96. The molecule has 0 aliphatic carbocycles. The zero-order valence-corrected chi connectivity index (χ0v) is 17.8. The number of carbonyl (C=O) groups is 3. The summed E-state index contributed by atoms with van der Waals surface area (Å²) in [6, 6.07) is 7.29. The lowest BCUT2D eigenvalue weighted by molar-refractivity contribution is -0.115. The first-order valence-corrected chi connectivity index (χ1v) is 10.0. The number of benzene rings is 1. The highest BCUT2D eigenvalue weighted by molar-refractivity contribution is 7.18. The summed E-state index contributed by atoms with van der Waals surface area (Å²) < 4.78 is 5.07. The molecule has 0 saturated heterocycles. The van der Waals surface area contributed by atoms with Gasteiger partial charge in [-0.2, -0.15) is 0 Å². The lowest BCUT2D eigenvalue weighted by atomic mass is 10.1. The molecule has 1 heterocycles. The Kier molecular flexibility index (Phi) is 7.74. The third kappa shape index (κ3) is 5.41. The second-order valence-corrected chi connectivity index (χ2v) is 7.70. The summed E-state index contributed by atoms with van der Waals surface area (Å²) in [4.78, 5) is 36.9. The number of ether oxygens (including phenoxy) is 1. The minimum atomic E-state index is -0.556. The molecule has 2 aromatic rings. The summed E-state index contributed by atoms with van der Waals surface area (Å²) in [5, 5.41) is 6.79. The molecule has 2 rings (SSSR count). The van der Waals surface area contributed by atoms with Gasteiger partial charge in [0.2, 0.25) is 5.91 Å². The lowest BCUT2D eigenvalue weighted by Crippen LogP contribution is -2.30. The molecule has 1 aromatic carbocycles. The van der Waals surface area contributed by atoms with E-state index in [0.29, 0.717) is 20.5 Å². The first kappa shape index (κ1) is 22.1. The van der Waals surface area contributed by atoms with Crippen molar-refractivity contribution in [3.05, 3.63) is 50.9 Å². The quantitative estimate of drug-likeness (QED) is 0.487. The number of nitrogens with one attached hydrogen (secondary N) is 2. The maximum atomic E-state index is 12.4. The molecular weight excluding hydrogens is 400 g/mol. The third-order valence-electron chi connectivity index (χ3n) is 4.12. The van der Waals surface area contributed by atoms with Crippen LogP contribution in [0, 0.1) is 6.92 Å². The van der Waals surface area contributed by atoms with Crippen molar-refractivity contribution in [2.45, 2.75) is 33.7 Å². The van der Waals surface area contributed by atoms with Gasteiger partial charge in [0.15, 0.2) is 5.78 Å². The van der Waals surface area contributed by atoms with E-state index in [1.54, 1.807) is 19.9 Å². The first-order chi connectivity index (χ1) is 13.2. The maximum absolute atomic E-state index is 12.4. The van der Waals surface area contributed by atoms with Gasteiger partial charge in [-0.05, 0) is 51.0 Å². The molecule has 1 amide bonds. The van der Waals surface area contributed by atoms with E-state index >= 15 is 0 Å². The Labute approximate surface area is 173 Å². The van der Waals surface area contributed by atoms with Crippen LogP contribution in [0.25, 0.3) is 0 Å². The summed E-state index contributed by atoms with van der Waals surface area (Å²) in [7, 11) is 0. The fourth-order valence-electron chi connectivity index (χ4n) is 2.70. The fourth-order valence-corrected chi connectivity index (χ4v) is 4.00. The van der Waals surface area contributed by atoms with Crippen molar-refractivity contribution in [3.63, 3.8) is 0 Å². The standard InChI is InChI=1S/C20H23ClN2O4S/c1-5-27-20(26)17-11(2)18(13(4)24)28-19(17)23-16(25)10-22-12(3)14-7-6-8-15(21)9-14/h6-9,12,22H,5,10H2,1-4H3,(H,23,25)/t12-/m1/s1. The van der Waals surface area contributed by atoms with Crippen molar-refractivity contribution in [1.29, 1.82) is 0 Å². The van der Waals surface area contributed by atoms with Crippen LogP contribution < -0.4 is 10.6 Å². The maximum Gasteiger partial charge on any atom is 0.341 e. The topological polar surface area (TPSA) is 84.5 Å². The van der Waals surface area contributed by atoms with Gasteiger partial charge >= 0.3 is 5.97 Å². The molecule has 8 heteroatoms. The van der Waals surface area contributed by atoms with Crippen LogP contribution in [0.5, 0.6) is 0 Å². The monoisotopic (exact) mass is 422 g/mol. The molecule has 0 aliphatic heterocycles. The number of ketones is 1. The van der Waals surface area contributed by atoms with Gasteiger partial charge in [-0.25, -0.2) is 4.79 Å². The number of anilines is 1. The number of esters is 1. The van der Waals surface area contributed by atoms with E-state index < -0.39 is 5.97 Å². The summed E-state index contributed by atoms with van der Waals surface area (Å²) in [6.07, 6.45) is 0. The van der Waals surface area contributed by atoms with Crippen LogP contribution in [0.4, 0.5) is 5.00 Å². The Morgan fingerprint density at radius 1 is 1.29 bits per heavy atom. The zero-order valence-electron chi connectivity index (χ0n) is 16.2. The van der Waals surface area contributed by atoms with Gasteiger partial charge in [0, 0.05) is 11.1 Å². The highest BCUT2D eigenvalue weighted by Gasteiger charge is 2.25. The molecule has 0 bridgehead atoms. The Balaban J connectivity index is 2.11. The van der Waals surface area contributed by atoms with Gasteiger partial charge in [-0.1, -0.05) is 23.7 Å². The normalized spacial score (nSPS) is 11.8. The van der Waals surface area contributed by atoms with E-state index in [4.69, 9.17) is 16.3 Å². The molecule has 0 fully saturated rings. The van der Waals surface area contributed by atoms with Crippen LogP contribution >= 0.6 is 22.9 Å².